The third-order valence-corrected chi connectivity index (χ3v) is 3.61. The first-order chi connectivity index (χ1) is 10.5. The lowest BCUT2D eigenvalue weighted by Gasteiger charge is -2.21. The Morgan fingerprint density at radius 1 is 1.27 bits per heavy atom. The lowest BCUT2D eigenvalue weighted by atomic mass is 10.0. The average molecular weight is 308 g/mol. The Morgan fingerprint density at radius 3 is 2.41 bits per heavy atom. The summed E-state index contributed by atoms with van der Waals surface area (Å²) in [5.74, 6) is -0.323. The molecule has 0 aliphatic rings. The summed E-state index contributed by atoms with van der Waals surface area (Å²) in [5, 5.41) is 23.2. The largest absolute Gasteiger partial charge is 0.391 e. The van der Waals surface area contributed by atoms with Crippen LogP contribution in [-0.4, -0.2) is 28.1 Å². The number of aliphatic hydroxyl groups excluding tert-OH is 1. The molecule has 122 valence electrons. The van der Waals surface area contributed by atoms with Gasteiger partial charge in [-0.15, -0.1) is 0 Å². The highest BCUT2D eigenvalue weighted by Gasteiger charge is 2.18. The van der Waals surface area contributed by atoms with E-state index in [0.717, 1.165) is 32.1 Å². The quantitative estimate of drug-likeness (QED) is 0.416. The molecule has 6 nitrogen and oxygen atoms in total. The molecule has 1 aromatic rings. The zero-order valence-corrected chi connectivity index (χ0v) is 13.1. The van der Waals surface area contributed by atoms with Crippen LogP contribution in [0.1, 0.15) is 56.3 Å². The first-order valence-electron chi connectivity index (χ1n) is 7.69. The monoisotopic (exact) mass is 308 g/mol. The molecular weight excluding hydrogens is 284 g/mol. The second kappa shape index (κ2) is 9.15. The number of nitrogens with one attached hydrogen (secondary N) is 1. The maximum Gasteiger partial charge on any atom is 0.269 e. The number of rotatable bonds is 9. The van der Waals surface area contributed by atoms with Gasteiger partial charge in [0.15, 0.2) is 0 Å². The summed E-state index contributed by atoms with van der Waals surface area (Å²) in [6.07, 6.45) is 4.38. The number of nitro benzene ring substituents is 1. The molecule has 0 saturated heterocycles. The van der Waals surface area contributed by atoms with Gasteiger partial charge in [0, 0.05) is 17.7 Å². The van der Waals surface area contributed by atoms with Gasteiger partial charge in [-0.05, 0) is 25.5 Å². The predicted molar refractivity (Wildman–Crippen MR) is 84.8 cm³/mol. The van der Waals surface area contributed by atoms with Crippen LogP contribution in [-0.2, 0) is 0 Å². The van der Waals surface area contributed by atoms with E-state index in [9.17, 15) is 20.0 Å². The minimum atomic E-state index is -0.636. The second-order valence-electron chi connectivity index (χ2n) is 5.47. The molecule has 2 atom stereocenters. The van der Waals surface area contributed by atoms with Gasteiger partial charge in [0.2, 0.25) is 0 Å². The van der Waals surface area contributed by atoms with Crippen LogP contribution in [0, 0.1) is 10.1 Å². The normalized spacial score (nSPS) is 13.4. The SMILES string of the molecule is CCCCCC[C@@H](NC(=O)c1ccc([N+](=O)[O-])cc1)[C@H](C)O. The lowest BCUT2D eigenvalue weighted by molar-refractivity contribution is -0.384. The molecule has 0 radical (unpaired) electrons. The topological polar surface area (TPSA) is 92.5 Å². The minimum absolute atomic E-state index is 0.0526. The molecule has 0 aliphatic heterocycles. The van der Waals surface area contributed by atoms with Crippen LogP contribution < -0.4 is 5.32 Å². The van der Waals surface area contributed by atoms with Gasteiger partial charge in [0.1, 0.15) is 0 Å². The van der Waals surface area contributed by atoms with Gasteiger partial charge in [-0.3, -0.25) is 14.9 Å². The first kappa shape index (κ1) is 18.1. The summed E-state index contributed by atoms with van der Waals surface area (Å²) in [6.45, 7) is 3.78. The number of amides is 1. The molecule has 0 heterocycles. The van der Waals surface area contributed by atoms with Crippen LogP contribution in [0.4, 0.5) is 5.69 Å². The molecule has 2 N–H and O–H groups in total. The number of non-ortho nitro benzene ring substituents is 1. The van der Waals surface area contributed by atoms with Crippen molar-refractivity contribution in [1.82, 2.24) is 5.32 Å². The zero-order chi connectivity index (χ0) is 16.5. The summed E-state index contributed by atoms with van der Waals surface area (Å²) >= 11 is 0. The van der Waals surface area contributed by atoms with Crippen molar-refractivity contribution in [3.8, 4) is 0 Å². The summed E-state index contributed by atoms with van der Waals surface area (Å²) in [6, 6.07) is 5.13. The maximum absolute atomic E-state index is 12.1. The molecule has 0 fully saturated rings. The van der Waals surface area contributed by atoms with Crippen molar-refractivity contribution >= 4 is 11.6 Å². The fraction of sp³-hybridized carbons (Fsp3) is 0.562. The van der Waals surface area contributed by atoms with Crippen molar-refractivity contribution in [3.05, 3.63) is 39.9 Å². The van der Waals surface area contributed by atoms with E-state index in [0.29, 0.717) is 5.56 Å². The molecule has 0 bridgehead atoms. The number of benzene rings is 1. The number of hydrogen-bond acceptors (Lipinski definition) is 4. The first-order valence-corrected chi connectivity index (χ1v) is 7.69. The Kier molecular flexibility index (Phi) is 7.52. The standard InChI is InChI=1S/C16H24N2O4/c1-3-4-5-6-7-15(12(2)19)17-16(20)13-8-10-14(11-9-13)18(21)22/h8-12,15,19H,3-7H2,1-2H3,(H,17,20)/t12-,15+/m0/s1. The highest BCUT2D eigenvalue weighted by molar-refractivity contribution is 5.94. The van der Waals surface area contributed by atoms with Gasteiger partial charge in [-0.2, -0.15) is 0 Å². The Hall–Kier alpha value is -1.95. The van der Waals surface area contributed by atoms with Crippen molar-refractivity contribution in [2.75, 3.05) is 0 Å². The van der Waals surface area contributed by atoms with Gasteiger partial charge in [-0.25, -0.2) is 0 Å². The number of carbonyl (C=O) groups excluding carboxylic acids is 1. The third-order valence-electron chi connectivity index (χ3n) is 3.61. The molecule has 1 rings (SSSR count). The van der Waals surface area contributed by atoms with E-state index < -0.39 is 11.0 Å². The van der Waals surface area contributed by atoms with Gasteiger partial charge >= 0.3 is 0 Å². The number of hydrogen-bond donors (Lipinski definition) is 2. The van der Waals surface area contributed by atoms with Crippen molar-refractivity contribution in [2.24, 2.45) is 0 Å². The molecule has 1 aromatic carbocycles. The number of carbonyl (C=O) groups is 1. The van der Waals surface area contributed by atoms with Crippen LogP contribution in [0.2, 0.25) is 0 Å². The fourth-order valence-electron chi connectivity index (χ4n) is 2.21. The summed E-state index contributed by atoms with van der Waals surface area (Å²) < 4.78 is 0. The van der Waals surface area contributed by atoms with Gasteiger partial charge < -0.3 is 10.4 Å². The number of aliphatic hydroxyl groups is 1. The van der Waals surface area contributed by atoms with E-state index in [4.69, 9.17) is 0 Å². The Bertz CT molecular complexity index is 485. The van der Waals surface area contributed by atoms with Crippen molar-refractivity contribution < 1.29 is 14.8 Å². The lowest BCUT2D eigenvalue weighted by Crippen LogP contribution is -2.42. The van der Waals surface area contributed by atoms with E-state index in [1.807, 2.05) is 0 Å². The van der Waals surface area contributed by atoms with Crippen molar-refractivity contribution in [2.45, 2.75) is 58.1 Å². The zero-order valence-electron chi connectivity index (χ0n) is 13.1. The Balaban J connectivity index is 2.60. The highest BCUT2D eigenvalue weighted by Crippen LogP contribution is 2.13. The Labute approximate surface area is 130 Å². The molecule has 0 unspecified atom stereocenters. The summed E-state index contributed by atoms with van der Waals surface area (Å²) in [5.41, 5.74) is 0.299. The minimum Gasteiger partial charge on any atom is -0.391 e. The van der Waals surface area contributed by atoms with Gasteiger partial charge in [-0.1, -0.05) is 32.6 Å². The number of nitro groups is 1. The van der Waals surface area contributed by atoms with Gasteiger partial charge in [0.25, 0.3) is 11.6 Å². The summed E-state index contributed by atoms with van der Waals surface area (Å²) in [7, 11) is 0. The van der Waals surface area contributed by atoms with Crippen LogP contribution in [0.15, 0.2) is 24.3 Å². The fourth-order valence-corrected chi connectivity index (χ4v) is 2.21. The second-order valence-corrected chi connectivity index (χ2v) is 5.47. The van der Waals surface area contributed by atoms with Crippen molar-refractivity contribution in [1.29, 1.82) is 0 Å². The molecule has 22 heavy (non-hydrogen) atoms. The van der Waals surface area contributed by atoms with Crippen LogP contribution in [0.5, 0.6) is 0 Å². The number of unbranched alkanes of at least 4 members (excludes halogenated alkanes) is 3. The molecular formula is C16H24N2O4. The van der Waals surface area contributed by atoms with Gasteiger partial charge in [0.05, 0.1) is 17.1 Å². The molecule has 6 heteroatoms. The third kappa shape index (κ3) is 5.81. The van der Waals surface area contributed by atoms with E-state index >= 15 is 0 Å². The predicted octanol–water partition coefficient (Wildman–Crippen LogP) is 3.04. The van der Waals surface area contributed by atoms with Crippen LogP contribution >= 0.6 is 0 Å². The smallest absolute Gasteiger partial charge is 0.269 e. The molecule has 0 aliphatic carbocycles. The van der Waals surface area contributed by atoms with Crippen molar-refractivity contribution in [3.63, 3.8) is 0 Å². The average Bonchev–Trinajstić information content (AvgIpc) is 2.50. The Morgan fingerprint density at radius 2 is 1.91 bits per heavy atom. The van der Waals surface area contributed by atoms with Crippen LogP contribution in [0.3, 0.4) is 0 Å². The van der Waals surface area contributed by atoms with E-state index in [-0.39, 0.29) is 17.6 Å². The summed E-state index contributed by atoms with van der Waals surface area (Å²) in [4.78, 5) is 22.2. The molecule has 0 saturated carbocycles. The van der Waals surface area contributed by atoms with E-state index in [2.05, 4.69) is 12.2 Å². The van der Waals surface area contributed by atoms with E-state index in [1.165, 1.54) is 24.3 Å². The molecule has 1 amide bonds. The maximum atomic E-state index is 12.1. The highest BCUT2D eigenvalue weighted by atomic mass is 16.6. The molecule has 0 aromatic heterocycles. The molecule has 0 spiro atoms. The number of nitrogens with zero attached hydrogens (tertiary/aromatic N) is 1. The van der Waals surface area contributed by atoms with E-state index in [1.54, 1.807) is 6.92 Å². The van der Waals surface area contributed by atoms with Crippen LogP contribution in [0.25, 0.3) is 0 Å².